The van der Waals surface area contributed by atoms with Crippen molar-refractivity contribution in [2.24, 2.45) is 5.73 Å². The summed E-state index contributed by atoms with van der Waals surface area (Å²) in [5.74, 6) is -0.214. The van der Waals surface area contributed by atoms with Gasteiger partial charge in [-0.3, -0.25) is 4.79 Å². The maximum absolute atomic E-state index is 11.9. The lowest BCUT2D eigenvalue weighted by molar-refractivity contribution is -0.118. The van der Waals surface area contributed by atoms with Crippen LogP contribution < -0.4 is 11.1 Å². The van der Waals surface area contributed by atoms with Crippen LogP contribution >= 0.6 is 0 Å². The lowest BCUT2D eigenvalue weighted by Gasteiger charge is -2.15. The summed E-state index contributed by atoms with van der Waals surface area (Å²) in [5.41, 5.74) is 7.74. The van der Waals surface area contributed by atoms with Crippen LogP contribution in [-0.4, -0.2) is 50.2 Å². The molecule has 21 heavy (non-hydrogen) atoms. The van der Waals surface area contributed by atoms with Crippen LogP contribution in [0.3, 0.4) is 0 Å². The van der Waals surface area contributed by atoms with Gasteiger partial charge in [0.05, 0.1) is 6.61 Å². The Balaban J connectivity index is 1.86. The van der Waals surface area contributed by atoms with Gasteiger partial charge in [-0.05, 0) is 50.0 Å². The minimum absolute atomic E-state index is 0.214. The number of benzene rings is 1. The first-order chi connectivity index (χ1) is 10.2. The molecule has 3 N–H and O–H groups in total. The highest BCUT2D eigenvalue weighted by Gasteiger charge is 2.14. The van der Waals surface area contributed by atoms with E-state index in [1.165, 1.54) is 38.6 Å². The van der Waals surface area contributed by atoms with Crippen LogP contribution in [0.25, 0.3) is 0 Å². The topological polar surface area (TPSA) is 67.6 Å². The average molecular weight is 291 g/mol. The summed E-state index contributed by atoms with van der Waals surface area (Å²) in [6, 6.07) is 7.34. The molecule has 0 saturated carbocycles. The van der Waals surface area contributed by atoms with Crippen molar-refractivity contribution in [2.45, 2.75) is 25.3 Å². The predicted molar refractivity (Wildman–Crippen MR) is 84.3 cm³/mol. The Morgan fingerprint density at radius 3 is 2.90 bits per heavy atom. The summed E-state index contributed by atoms with van der Waals surface area (Å²) in [4.78, 5) is 14.3. The second-order valence-corrected chi connectivity index (χ2v) is 5.55. The molecule has 1 saturated heterocycles. The van der Waals surface area contributed by atoms with E-state index in [1.54, 1.807) is 0 Å². The lowest BCUT2D eigenvalue weighted by atomic mass is 10.1. The minimum atomic E-state index is -0.636. The van der Waals surface area contributed by atoms with E-state index in [1.807, 2.05) is 18.2 Å². The second kappa shape index (κ2) is 8.12. The first-order valence-corrected chi connectivity index (χ1v) is 7.55. The molecule has 1 aromatic rings. The number of hydrogen-bond acceptors (Lipinski definition) is 4. The van der Waals surface area contributed by atoms with Gasteiger partial charge in [-0.15, -0.1) is 0 Å². The molecule has 0 aliphatic carbocycles. The van der Waals surface area contributed by atoms with Gasteiger partial charge >= 0.3 is 0 Å². The smallest absolute Gasteiger partial charge is 0.243 e. The van der Waals surface area contributed by atoms with E-state index < -0.39 is 6.04 Å². The molecule has 1 aromatic carbocycles. The highest BCUT2D eigenvalue weighted by atomic mass is 16.5. The van der Waals surface area contributed by atoms with E-state index >= 15 is 0 Å². The van der Waals surface area contributed by atoms with E-state index in [4.69, 9.17) is 10.5 Å². The number of hydrogen-bond donors (Lipinski definition) is 2. The summed E-state index contributed by atoms with van der Waals surface area (Å²) in [5, 5.41) is 2.84. The van der Waals surface area contributed by atoms with Crippen LogP contribution in [0, 0.1) is 0 Å². The van der Waals surface area contributed by atoms with Gasteiger partial charge in [-0.1, -0.05) is 12.1 Å². The Morgan fingerprint density at radius 1 is 1.43 bits per heavy atom. The number of methoxy groups -OCH3 is 1. The van der Waals surface area contributed by atoms with E-state index in [2.05, 4.69) is 16.3 Å². The van der Waals surface area contributed by atoms with Crippen LogP contribution in [0.1, 0.15) is 18.4 Å². The first-order valence-electron chi connectivity index (χ1n) is 7.55. The fraction of sp³-hybridized carbons (Fsp3) is 0.562. The van der Waals surface area contributed by atoms with Crippen LogP contribution in [0.15, 0.2) is 24.3 Å². The highest BCUT2D eigenvalue weighted by molar-refractivity contribution is 5.94. The van der Waals surface area contributed by atoms with Crippen molar-refractivity contribution in [1.29, 1.82) is 0 Å². The lowest BCUT2D eigenvalue weighted by Crippen LogP contribution is -2.39. The molecule has 2 rings (SSSR count). The fourth-order valence-electron chi connectivity index (χ4n) is 2.59. The monoisotopic (exact) mass is 291 g/mol. The number of ether oxygens (including phenoxy) is 1. The molecule has 1 heterocycles. The zero-order chi connectivity index (χ0) is 15.1. The SMILES string of the molecule is COCC(N)C(=O)Nc1cccc(CCN2CCCC2)c1. The number of rotatable bonds is 7. The summed E-state index contributed by atoms with van der Waals surface area (Å²) < 4.78 is 4.89. The van der Waals surface area contributed by atoms with Crippen LogP contribution in [-0.2, 0) is 16.0 Å². The Morgan fingerprint density at radius 2 is 2.19 bits per heavy atom. The number of carbonyl (C=O) groups is 1. The number of nitrogens with one attached hydrogen (secondary N) is 1. The number of nitrogens with two attached hydrogens (primary N) is 1. The maximum Gasteiger partial charge on any atom is 0.243 e. The van der Waals surface area contributed by atoms with Gasteiger partial charge in [-0.25, -0.2) is 0 Å². The molecular weight excluding hydrogens is 266 g/mol. The molecule has 1 aliphatic heterocycles. The third-order valence-corrected chi connectivity index (χ3v) is 3.79. The quantitative estimate of drug-likeness (QED) is 0.793. The van der Waals surface area contributed by atoms with Crippen LogP contribution in [0.4, 0.5) is 5.69 Å². The third-order valence-electron chi connectivity index (χ3n) is 3.79. The van der Waals surface area contributed by atoms with Gasteiger partial charge in [0.25, 0.3) is 0 Å². The molecule has 0 bridgehead atoms. The molecule has 1 atom stereocenters. The van der Waals surface area contributed by atoms with Gasteiger partial charge in [-0.2, -0.15) is 0 Å². The predicted octanol–water partition coefficient (Wildman–Crippen LogP) is 1.24. The highest BCUT2D eigenvalue weighted by Crippen LogP contribution is 2.13. The van der Waals surface area contributed by atoms with Gasteiger partial charge in [0.1, 0.15) is 6.04 Å². The largest absolute Gasteiger partial charge is 0.383 e. The normalized spacial score (nSPS) is 16.9. The molecule has 5 heteroatoms. The van der Waals surface area contributed by atoms with E-state index in [-0.39, 0.29) is 12.5 Å². The zero-order valence-electron chi connectivity index (χ0n) is 12.7. The van der Waals surface area contributed by atoms with E-state index in [0.717, 1.165) is 18.7 Å². The molecule has 116 valence electrons. The Bertz CT molecular complexity index is 459. The van der Waals surface area contributed by atoms with Crippen LogP contribution in [0.5, 0.6) is 0 Å². The molecular formula is C16H25N3O2. The minimum Gasteiger partial charge on any atom is -0.383 e. The van der Waals surface area contributed by atoms with Crippen molar-refractivity contribution >= 4 is 11.6 Å². The van der Waals surface area contributed by atoms with Crippen molar-refractivity contribution in [3.8, 4) is 0 Å². The summed E-state index contributed by atoms with van der Waals surface area (Å²) in [6.07, 6.45) is 3.63. The number of carbonyl (C=O) groups excluding carboxylic acids is 1. The molecule has 0 aromatic heterocycles. The van der Waals surface area contributed by atoms with Gasteiger partial charge in [0, 0.05) is 19.3 Å². The molecule has 5 nitrogen and oxygen atoms in total. The number of nitrogens with zero attached hydrogens (tertiary/aromatic N) is 1. The molecule has 0 spiro atoms. The summed E-state index contributed by atoms with van der Waals surface area (Å²) in [7, 11) is 1.53. The number of amides is 1. The fourth-order valence-corrected chi connectivity index (χ4v) is 2.59. The molecule has 1 fully saturated rings. The first kappa shape index (κ1) is 15.9. The van der Waals surface area contributed by atoms with Gasteiger partial charge in [0.15, 0.2) is 0 Å². The second-order valence-electron chi connectivity index (χ2n) is 5.55. The zero-order valence-corrected chi connectivity index (χ0v) is 12.7. The third kappa shape index (κ3) is 5.12. The Hall–Kier alpha value is -1.43. The van der Waals surface area contributed by atoms with Gasteiger partial charge in [0.2, 0.25) is 5.91 Å². The van der Waals surface area contributed by atoms with Crippen molar-refractivity contribution < 1.29 is 9.53 Å². The van der Waals surface area contributed by atoms with Crippen molar-refractivity contribution in [3.63, 3.8) is 0 Å². The number of likely N-dealkylation sites (tertiary alicyclic amines) is 1. The number of anilines is 1. The summed E-state index contributed by atoms with van der Waals surface area (Å²) >= 11 is 0. The molecule has 1 unspecified atom stereocenters. The van der Waals surface area contributed by atoms with Gasteiger partial charge < -0.3 is 20.7 Å². The van der Waals surface area contributed by atoms with E-state index in [9.17, 15) is 4.79 Å². The van der Waals surface area contributed by atoms with Crippen molar-refractivity contribution in [3.05, 3.63) is 29.8 Å². The summed E-state index contributed by atoms with van der Waals surface area (Å²) in [6.45, 7) is 3.73. The van der Waals surface area contributed by atoms with Crippen LogP contribution in [0.2, 0.25) is 0 Å². The molecule has 0 radical (unpaired) electrons. The Labute approximate surface area is 126 Å². The maximum atomic E-state index is 11.9. The van der Waals surface area contributed by atoms with Crippen molar-refractivity contribution in [2.75, 3.05) is 38.7 Å². The Kier molecular flexibility index (Phi) is 6.17. The van der Waals surface area contributed by atoms with Crippen molar-refractivity contribution in [1.82, 2.24) is 4.90 Å². The molecule has 1 amide bonds. The van der Waals surface area contributed by atoms with E-state index in [0.29, 0.717) is 0 Å². The standard InChI is InChI=1S/C16H25N3O2/c1-21-12-15(17)16(20)18-14-6-4-5-13(11-14)7-10-19-8-2-3-9-19/h4-6,11,15H,2-3,7-10,12,17H2,1H3,(H,18,20). The molecule has 1 aliphatic rings. The average Bonchev–Trinajstić information content (AvgIpc) is 2.99.